The summed E-state index contributed by atoms with van der Waals surface area (Å²) in [6, 6.07) is 13.7. The zero-order valence-corrected chi connectivity index (χ0v) is 16.9. The summed E-state index contributed by atoms with van der Waals surface area (Å²) in [4.78, 5) is 12.3. The second kappa shape index (κ2) is 8.83. The minimum atomic E-state index is -3.53. The number of halogens is 1. The molecule has 1 heterocycles. The van der Waals surface area contributed by atoms with Crippen LogP contribution < -0.4 is 10.6 Å². The highest BCUT2D eigenvalue weighted by atomic mass is 79.9. The van der Waals surface area contributed by atoms with E-state index in [2.05, 4.69) is 26.6 Å². The first-order valence-electron chi connectivity index (χ1n) is 8.42. The Morgan fingerprint density at radius 3 is 2.22 bits per heavy atom. The van der Waals surface area contributed by atoms with E-state index >= 15 is 0 Å². The molecular weight excluding hydrogens is 434 g/mol. The monoisotopic (exact) mass is 453 g/mol. The zero-order chi connectivity index (χ0) is 19.3. The molecule has 1 aliphatic heterocycles. The molecule has 27 heavy (non-hydrogen) atoms. The lowest BCUT2D eigenvalue weighted by molar-refractivity contribution is -0.114. The summed E-state index contributed by atoms with van der Waals surface area (Å²) in [7, 11) is -3.53. The van der Waals surface area contributed by atoms with Crippen LogP contribution in [0.4, 0.5) is 11.4 Å². The van der Waals surface area contributed by atoms with Gasteiger partial charge in [0.2, 0.25) is 15.9 Å². The Bertz CT molecular complexity index is 880. The van der Waals surface area contributed by atoms with Gasteiger partial charge in [0.1, 0.15) is 0 Å². The summed E-state index contributed by atoms with van der Waals surface area (Å²) in [6.45, 7) is 1.61. The van der Waals surface area contributed by atoms with Gasteiger partial charge >= 0.3 is 0 Å². The Morgan fingerprint density at radius 2 is 1.59 bits per heavy atom. The third kappa shape index (κ3) is 5.29. The van der Waals surface area contributed by atoms with Crippen LogP contribution in [0.15, 0.2) is 57.9 Å². The van der Waals surface area contributed by atoms with E-state index < -0.39 is 10.0 Å². The number of carbonyl (C=O) groups is 1. The number of nitrogens with zero attached hydrogens (tertiary/aromatic N) is 1. The molecule has 0 atom stereocenters. The van der Waals surface area contributed by atoms with Crippen molar-refractivity contribution in [3.63, 3.8) is 0 Å². The molecule has 1 saturated heterocycles. The van der Waals surface area contributed by atoms with Crippen molar-refractivity contribution in [3.8, 4) is 0 Å². The third-order valence-electron chi connectivity index (χ3n) is 4.04. The van der Waals surface area contributed by atoms with Gasteiger partial charge in [-0.1, -0.05) is 15.9 Å². The normalized spacial score (nSPS) is 15.3. The first kappa shape index (κ1) is 19.8. The maximum atomic E-state index is 12.6. The highest BCUT2D eigenvalue weighted by Gasteiger charge is 2.26. The summed E-state index contributed by atoms with van der Waals surface area (Å²) >= 11 is 3.36. The molecule has 2 aromatic carbocycles. The average Bonchev–Trinajstić information content (AvgIpc) is 2.69. The number of ether oxygens (including phenoxy) is 1. The third-order valence-corrected chi connectivity index (χ3v) is 6.48. The number of benzene rings is 2. The van der Waals surface area contributed by atoms with Gasteiger partial charge in [0.25, 0.3) is 0 Å². The van der Waals surface area contributed by atoms with Gasteiger partial charge in [-0.2, -0.15) is 4.31 Å². The summed E-state index contributed by atoms with van der Waals surface area (Å²) in [6.07, 6.45) is 0. The number of amides is 1. The van der Waals surface area contributed by atoms with Crippen molar-refractivity contribution in [3.05, 3.63) is 53.0 Å². The molecule has 2 N–H and O–H groups in total. The van der Waals surface area contributed by atoms with Crippen LogP contribution >= 0.6 is 15.9 Å². The predicted molar refractivity (Wildman–Crippen MR) is 107 cm³/mol. The van der Waals surface area contributed by atoms with E-state index in [1.54, 1.807) is 12.1 Å². The van der Waals surface area contributed by atoms with Crippen molar-refractivity contribution in [2.24, 2.45) is 0 Å². The highest BCUT2D eigenvalue weighted by molar-refractivity contribution is 9.10. The van der Waals surface area contributed by atoms with E-state index in [9.17, 15) is 13.2 Å². The molecule has 0 unspecified atom stereocenters. The van der Waals surface area contributed by atoms with Gasteiger partial charge in [-0.3, -0.25) is 4.79 Å². The van der Waals surface area contributed by atoms with Gasteiger partial charge in [0, 0.05) is 28.9 Å². The molecule has 0 bridgehead atoms. The summed E-state index contributed by atoms with van der Waals surface area (Å²) in [5.41, 5.74) is 1.37. The maximum Gasteiger partial charge on any atom is 0.243 e. The van der Waals surface area contributed by atoms with Gasteiger partial charge in [-0.05, 0) is 48.5 Å². The van der Waals surface area contributed by atoms with Crippen molar-refractivity contribution in [2.75, 3.05) is 43.5 Å². The number of carbonyl (C=O) groups excluding carboxylic acids is 1. The van der Waals surface area contributed by atoms with Crippen molar-refractivity contribution < 1.29 is 17.9 Å². The molecule has 3 rings (SSSR count). The van der Waals surface area contributed by atoms with E-state index in [1.165, 1.54) is 16.4 Å². The second-order valence-electron chi connectivity index (χ2n) is 5.95. The van der Waals surface area contributed by atoms with E-state index in [0.29, 0.717) is 32.0 Å². The van der Waals surface area contributed by atoms with Gasteiger partial charge in [0.05, 0.1) is 24.7 Å². The Balaban J connectivity index is 1.56. The molecular formula is C18H20BrN3O4S. The van der Waals surface area contributed by atoms with Crippen LogP contribution in [0.2, 0.25) is 0 Å². The van der Waals surface area contributed by atoms with Crippen molar-refractivity contribution in [1.29, 1.82) is 0 Å². The molecule has 7 nitrogen and oxygen atoms in total. The van der Waals surface area contributed by atoms with E-state index in [0.717, 1.165) is 10.2 Å². The van der Waals surface area contributed by atoms with Crippen molar-refractivity contribution in [2.45, 2.75) is 4.90 Å². The quantitative estimate of drug-likeness (QED) is 0.701. The molecule has 9 heteroatoms. The van der Waals surface area contributed by atoms with Gasteiger partial charge in [-0.25, -0.2) is 8.42 Å². The molecule has 0 aliphatic carbocycles. The van der Waals surface area contributed by atoms with Crippen LogP contribution in [0.3, 0.4) is 0 Å². The van der Waals surface area contributed by atoms with Crippen LogP contribution in [0.5, 0.6) is 0 Å². The minimum absolute atomic E-state index is 0.107. The van der Waals surface area contributed by atoms with E-state index in [-0.39, 0.29) is 17.3 Å². The van der Waals surface area contributed by atoms with Crippen LogP contribution in [0, 0.1) is 0 Å². The second-order valence-corrected chi connectivity index (χ2v) is 8.80. The summed E-state index contributed by atoms with van der Waals surface area (Å²) < 4.78 is 32.7. The molecule has 1 aliphatic rings. The van der Waals surface area contributed by atoms with Crippen LogP contribution in [-0.2, 0) is 19.6 Å². The molecule has 0 aromatic heterocycles. The number of anilines is 2. The Labute approximate surface area is 166 Å². The molecule has 144 valence electrons. The van der Waals surface area contributed by atoms with Gasteiger partial charge in [0.15, 0.2) is 0 Å². The van der Waals surface area contributed by atoms with Gasteiger partial charge < -0.3 is 15.4 Å². The van der Waals surface area contributed by atoms with Crippen LogP contribution in [0.25, 0.3) is 0 Å². The van der Waals surface area contributed by atoms with E-state index in [1.807, 2.05) is 24.3 Å². The lowest BCUT2D eigenvalue weighted by Gasteiger charge is -2.26. The fourth-order valence-corrected chi connectivity index (χ4v) is 4.27. The SMILES string of the molecule is O=C(CNc1ccc(Br)cc1)Nc1ccc(S(=O)(=O)N2CCOCC2)cc1. The fourth-order valence-electron chi connectivity index (χ4n) is 2.60. The molecule has 0 spiro atoms. The minimum Gasteiger partial charge on any atom is -0.379 e. The smallest absolute Gasteiger partial charge is 0.243 e. The first-order chi connectivity index (χ1) is 12.9. The highest BCUT2D eigenvalue weighted by Crippen LogP contribution is 2.19. The summed E-state index contributed by atoms with van der Waals surface area (Å²) in [5, 5.41) is 5.77. The molecule has 0 saturated carbocycles. The number of hydrogen-bond donors (Lipinski definition) is 2. The number of nitrogens with one attached hydrogen (secondary N) is 2. The lowest BCUT2D eigenvalue weighted by Crippen LogP contribution is -2.40. The first-order valence-corrected chi connectivity index (χ1v) is 10.7. The number of hydrogen-bond acceptors (Lipinski definition) is 5. The van der Waals surface area contributed by atoms with Crippen molar-refractivity contribution in [1.82, 2.24) is 4.31 Å². The molecule has 1 amide bonds. The zero-order valence-electron chi connectivity index (χ0n) is 14.5. The summed E-state index contributed by atoms with van der Waals surface area (Å²) in [5.74, 6) is -0.221. The maximum absolute atomic E-state index is 12.6. The Kier molecular flexibility index (Phi) is 6.48. The number of morpholine rings is 1. The fraction of sp³-hybridized carbons (Fsp3) is 0.278. The Morgan fingerprint density at radius 1 is 1.00 bits per heavy atom. The van der Waals surface area contributed by atoms with Gasteiger partial charge in [-0.15, -0.1) is 0 Å². The van der Waals surface area contributed by atoms with E-state index in [4.69, 9.17) is 4.74 Å². The number of rotatable bonds is 6. The molecule has 2 aromatic rings. The molecule has 1 fully saturated rings. The van der Waals surface area contributed by atoms with Crippen LogP contribution in [0.1, 0.15) is 0 Å². The topological polar surface area (TPSA) is 87.7 Å². The largest absolute Gasteiger partial charge is 0.379 e. The lowest BCUT2D eigenvalue weighted by atomic mass is 10.3. The predicted octanol–water partition coefficient (Wildman–Crippen LogP) is 2.52. The van der Waals surface area contributed by atoms with Crippen LogP contribution in [-0.4, -0.2) is 51.5 Å². The average molecular weight is 454 g/mol. The van der Waals surface area contributed by atoms with Crippen molar-refractivity contribution >= 4 is 43.2 Å². The Hall–Kier alpha value is -1.94. The standard InChI is InChI=1S/C18H20BrN3O4S/c19-14-1-3-15(4-2-14)20-13-18(23)21-16-5-7-17(8-6-16)27(24,25)22-9-11-26-12-10-22/h1-8,20H,9-13H2,(H,21,23). The molecule has 0 radical (unpaired) electrons. The number of sulfonamides is 1.